The SMILES string of the molecule is COc1cc(C)c(O)c(C=Nc2c(F)cccc2F)c1. The number of halogens is 2. The molecule has 0 spiro atoms. The van der Waals surface area contributed by atoms with Crippen LogP contribution in [0.3, 0.4) is 0 Å². The average molecular weight is 277 g/mol. The third kappa shape index (κ3) is 2.77. The first-order valence-electron chi connectivity index (χ1n) is 5.88. The third-order valence-electron chi connectivity index (χ3n) is 2.81. The molecule has 0 amide bonds. The Bertz CT molecular complexity index is 649. The lowest BCUT2D eigenvalue weighted by molar-refractivity contribution is 0.411. The van der Waals surface area contributed by atoms with Gasteiger partial charge in [-0.1, -0.05) is 6.07 Å². The quantitative estimate of drug-likeness (QED) is 0.868. The Kier molecular flexibility index (Phi) is 3.98. The van der Waals surface area contributed by atoms with Crippen molar-refractivity contribution in [2.45, 2.75) is 6.92 Å². The predicted octanol–water partition coefficient (Wildman–Crippen LogP) is 3.74. The lowest BCUT2D eigenvalue weighted by Gasteiger charge is -2.07. The van der Waals surface area contributed by atoms with Gasteiger partial charge >= 0.3 is 0 Å². The van der Waals surface area contributed by atoms with E-state index < -0.39 is 17.3 Å². The number of phenolic OH excluding ortho intramolecular Hbond substituents is 1. The number of aryl methyl sites for hydroxylation is 1. The molecule has 0 aliphatic heterocycles. The van der Waals surface area contributed by atoms with Crippen molar-refractivity contribution in [1.29, 1.82) is 0 Å². The van der Waals surface area contributed by atoms with Crippen molar-refractivity contribution in [1.82, 2.24) is 0 Å². The molecule has 0 atom stereocenters. The molecule has 2 aromatic rings. The van der Waals surface area contributed by atoms with Crippen molar-refractivity contribution in [3.63, 3.8) is 0 Å². The summed E-state index contributed by atoms with van der Waals surface area (Å²) in [4.78, 5) is 3.76. The van der Waals surface area contributed by atoms with Crippen molar-refractivity contribution in [3.8, 4) is 11.5 Å². The van der Waals surface area contributed by atoms with Crippen molar-refractivity contribution >= 4 is 11.9 Å². The molecular formula is C15H13F2NO2. The van der Waals surface area contributed by atoms with Crippen LogP contribution in [0.15, 0.2) is 35.3 Å². The summed E-state index contributed by atoms with van der Waals surface area (Å²) in [5.41, 5.74) is 0.511. The van der Waals surface area contributed by atoms with E-state index >= 15 is 0 Å². The van der Waals surface area contributed by atoms with Crippen LogP contribution in [0.2, 0.25) is 0 Å². The zero-order chi connectivity index (χ0) is 14.7. The van der Waals surface area contributed by atoms with Crippen LogP contribution in [0.5, 0.6) is 11.5 Å². The van der Waals surface area contributed by atoms with Crippen molar-refractivity contribution < 1.29 is 18.6 Å². The summed E-state index contributed by atoms with van der Waals surface area (Å²) in [6.45, 7) is 1.69. The molecule has 0 aliphatic carbocycles. The van der Waals surface area contributed by atoms with E-state index in [-0.39, 0.29) is 5.75 Å². The molecule has 3 nitrogen and oxygen atoms in total. The fourth-order valence-electron chi connectivity index (χ4n) is 1.74. The minimum Gasteiger partial charge on any atom is -0.507 e. The molecule has 0 fully saturated rings. The fourth-order valence-corrected chi connectivity index (χ4v) is 1.74. The Labute approximate surface area is 115 Å². The van der Waals surface area contributed by atoms with E-state index in [1.165, 1.54) is 25.5 Å². The van der Waals surface area contributed by atoms with Crippen LogP contribution in [0.25, 0.3) is 0 Å². The van der Waals surface area contributed by atoms with Gasteiger partial charge < -0.3 is 9.84 Å². The van der Waals surface area contributed by atoms with Crippen LogP contribution in [0.4, 0.5) is 14.5 Å². The topological polar surface area (TPSA) is 41.8 Å². The maximum atomic E-state index is 13.4. The predicted molar refractivity (Wildman–Crippen MR) is 73.0 cm³/mol. The molecule has 0 aliphatic rings. The van der Waals surface area contributed by atoms with E-state index in [0.717, 1.165) is 12.1 Å². The first kappa shape index (κ1) is 14.0. The molecule has 0 saturated heterocycles. The molecule has 0 aromatic heterocycles. The zero-order valence-electron chi connectivity index (χ0n) is 11.0. The van der Waals surface area contributed by atoms with Gasteiger partial charge in [0.1, 0.15) is 17.2 Å². The Morgan fingerprint density at radius 1 is 1.20 bits per heavy atom. The van der Waals surface area contributed by atoms with Crippen LogP contribution >= 0.6 is 0 Å². The zero-order valence-corrected chi connectivity index (χ0v) is 11.0. The summed E-state index contributed by atoms with van der Waals surface area (Å²) >= 11 is 0. The summed E-state index contributed by atoms with van der Waals surface area (Å²) < 4.78 is 31.9. The van der Waals surface area contributed by atoms with Gasteiger partial charge in [-0.05, 0) is 36.8 Å². The molecule has 20 heavy (non-hydrogen) atoms. The molecule has 0 unspecified atom stereocenters. The maximum Gasteiger partial charge on any atom is 0.151 e. The Morgan fingerprint density at radius 2 is 1.85 bits per heavy atom. The normalized spacial score (nSPS) is 11.0. The molecule has 0 bridgehead atoms. The largest absolute Gasteiger partial charge is 0.507 e. The highest BCUT2D eigenvalue weighted by Gasteiger charge is 2.08. The number of rotatable bonds is 3. The van der Waals surface area contributed by atoms with E-state index in [1.54, 1.807) is 13.0 Å². The van der Waals surface area contributed by atoms with Gasteiger partial charge in [0.15, 0.2) is 11.6 Å². The van der Waals surface area contributed by atoms with Crippen molar-refractivity contribution in [2.75, 3.05) is 7.11 Å². The number of benzene rings is 2. The second kappa shape index (κ2) is 5.69. The van der Waals surface area contributed by atoms with E-state index in [1.807, 2.05) is 0 Å². The number of hydrogen-bond donors (Lipinski definition) is 1. The van der Waals surface area contributed by atoms with Gasteiger partial charge in [0.25, 0.3) is 0 Å². The number of methoxy groups -OCH3 is 1. The number of aromatic hydroxyl groups is 1. The van der Waals surface area contributed by atoms with Gasteiger partial charge in [0.2, 0.25) is 0 Å². The maximum absolute atomic E-state index is 13.4. The summed E-state index contributed by atoms with van der Waals surface area (Å²) in [6, 6.07) is 6.68. The molecular weight excluding hydrogens is 264 g/mol. The van der Waals surface area contributed by atoms with E-state index in [4.69, 9.17) is 4.74 Å². The summed E-state index contributed by atoms with van der Waals surface area (Å²) in [5.74, 6) is -1.01. The van der Waals surface area contributed by atoms with Gasteiger partial charge in [-0.3, -0.25) is 0 Å². The van der Waals surface area contributed by atoms with Gasteiger partial charge in [-0.15, -0.1) is 0 Å². The minimum absolute atomic E-state index is 0.00806. The standard InChI is InChI=1S/C15H13F2NO2/c1-9-6-11(20-2)7-10(15(9)19)8-18-14-12(16)4-3-5-13(14)17/h3-8,19H,1-2H3. The average Bonchev–Trinajstić information content (AvgIpc) is 2.42. The second-order valence-electron chi connectivity index (χ2n) is 4.21. The molecule has 5 heteroatoms. The van der Waals surface area contributed by atoms with Gasteiger partial charge in [-0.2, -0.15) is 0 Å². The molecule has 0 saturated carbocycles. The Hall–Kier alpha value is -2.43. The number of aliphatic imine (C=N–C) groups is 1. The lowest BCUT2D eigenvalue weighted by atomic mass is 10.1. The first-order chi connectivity index (χ1) is 9.52. The van der Waals surface area contributed by atoms with E-state index in [0.29, 0.717) is 16.9 Å². The van der Waals surface area contributed by atoms with E-state index in [9.17, 15) is 13.9 Å². The van der Waals surface area contributed by atoms with Gasteiger partial charge in [0, 0.05) is 11.8 Å². The molecule has 104 valence electrons. The van der Waals surface area contributed by atoms with Crippen LogP contribution in [-0.4, -0.2) is 18.4 Å². The monoisotopic (exact) mass is 277 g/mol. The van der Waals surface area contributed by atoms with E-state index in [2.05, 4.69) is 4.99 Å². The lowest BCUT2D eigenvalue weighted by Crippen LogP contribution is -1.91. The number of hydrogen-bond acceptors (Lipinski definition) is 3. The molecule has 1 N–H and O–H groups in total. The summed E-state index contributed by atoms with van der Waals surface area (Å²) in [6.07, 6.45) is 1.20. The third-order valence-corrected chi connectivity index (χ3v) is 2.81. The first-order valence-corrected chi connectivity index (χ1v) is 5.88. The second-order valence-corrected chi connectivity index (χ2v) is 4.21. The summed E-state index contributed by atoms with van der Waals surface area (Å²) in [5, 5.41) is 9.90. The number of para-hydroxylation sites is 1. The Balaban J connectivity index is 2.44. The highest BCUT2D eigenvalue weighted by atomic mass is 19.1. The van der Waals surface area contributed by atoms with Crippen LogP contribution in [0.1, 0.15) is 11.1 Å². The van der Waals surface area contributed by atoms with Crippen LogP contribution < -0.4 is 4.74 Å². The van der Waals surface area contributed by atoms with Gasteiger partial charge in [0.05, 0.1) is 7.11 Å². The highest BCUT2D eigenvalue weighted by molar-refractivity contribution is 5.86. The van der Waals surface area contributed by atoms with Gasteiger partial charge in [-0.25, -0.2) is 13.8 Å². The van der Waals surface area contributed by atoms with Crippen LogP contribution in [-0.2, 0) is 0 Å². The minimum atomic E-state index is -0.764. The fraction of sp³-hybridized carbons (Fsp3) is 0.133. The highest BCUT2D eigenvalue weighted by Crippen LogP contribution is 2.28. The molecule has 2 aromatic carbocycles. The smallest absolute Gasteiger partial charge is 0.151 e. The molecule has 0 heterocycles. The van der Waals surface area contributed by atoms with Crippen molar-refractivity contribution in [2.24, 2.45) is 4.99 Å². The summed E-state index contributed by atoms with van der Waals surface area (Å²) in [7, 11) is 1.49. The molecule has 0 radical (unpaired) electrons. The number of phenols is 1. The number of nitrogens with zero attached hydrogens (tertiary/aromatic N) is 1. The van der Waals surface area contributed by atoms with Crippen molar-refractivity contribution in [3.05, 3.63) is 53.1 Å². The van der Waals surface area contributed by atoms with Crippen LogP contribution in [0, 0.1) is 18.6 Å². The number of ether oxygens (including phenoxy) is 1. The Morgan fingerprint density at radius 3 is 2.45 bits per heavy atom. The molecule has 2 rings (SSSR count).